The monoisotopic (exact) mass is 337 g/mol. The molecule has 2 aromatic rings. The van der Waals surface area contributed by atoms with Crippen molar-refractivity contribution >= 4 is 23.2 Å². The maximum absolute atomic E-state index is 6.22. The normalized spacial score (nSPS) is 12.3. The average Bonchev–Trinajstić information content (AvgIpc) is 2.43. The van der Waals surface area contributed by atoms with Gasteiger partial charge in [0, 0.05) is 5.92 Å². The topological polar surface area (TPSA) is 35.2 Å². The van der Waals surface area contributed by atoms with Crippen LogP contribution in [0.1, 0.15) is 28.2 Å². The zero-order chi connectivity index (χ0) is 16.3. The van der Waals surface area contributed by atoms with Gasteiger partial charge in [-0.2, -0.15) is 0 Å². The van der Waals surface area contributed by atoms with E-state index < -0.39 is 0 Å². The molecule has 0 amide bonds. The van der Waals surface area contributed by atoms with Crippen LogP contribution in [0.15, 0.2) is 30.3 Å². The second kappa shape index (κ2) is 7.36. The fraction of sp³-hybridized carbons (Fsp3) is 0.333. The number of aryl methyl sites for hydroxylation is 2. The minimum absolute atomic E-state index is 0.235. The van der Waals surface area contributed by atoms with Crippen molar-refractivity contribution in [2.75, 3.05) is 13.7 Å². The lowest BCUT2D eigenvalue weighted by Gasteiger charge is -2.18. The Morgan fingerprint density at radius 3 is 2.00 bits per heavy atom. The van der Waals surface area contributed by atoms with Crippen LogP contribution in [-0.4, -0.2) is 13.7 Å². The number of rotatable bonds is 5. The van der Waals surface area contributed by atoms with Gasteiger partial charge in [-0.3, -0.25) is 0 Å². The zero-order valence-corrected chi connectivity index (χ0v) is 14.6. The summed E-state index contributed by atoms with van der Waals surface area (Å²) in [5.74, 6) is 0.752. The smallest absolute Gasteiger partial charge is 0.156 e. The van der Waals surface area contributed by atoms with Crippen LogP contribution in [0, 0.1) is 13.8 Å². The molecule has 0 radical (unpaired) electrons. The van der Waals surface area contributed by atoms with Crippen molar-refractivity contribution in [3.05, 3.63) is 62.6 Å². The summed E-state index contributed by atoms with van der Waals surface area (Å²) < 4.78 is 5.19. The van der Waals surface area contributed by atoms with E-state index in [1.807, 2.05) is 12.1 Å². The van der Waals surface area contributed by atoms with E-state index in [0.717, 1.165) is 12.0 Å². The molecule has 0 aliphatic carbocycles. The molecule has 2 N–H and O–H groups in total. The van der Waals surface area contributed by atoms with Crippen LogP contribution in [-0.2, 0) is 6.42 Å². The van der Waals surface area contributed by atoms with Gasteiger partial charge in [-0.15, -0.1) is 0 Å². The molecule has 0 saturated heterocycles. The molecule has 2 aromatic carbocycles. The Kier molecular flexibility index (Phi) is 5.74. The number of nitrogens with two attached hydrogens (primary N) is 1. The van der Waals surface area contributed by atoms with E-state index in [1.165, 1.54) is 16.7 Å². The van der Waals surface area contributed by atoms with Crippen LogP contribution in [0.25, 0.3) is 0 Å². The van der Waals surface area contributed by atoms with Crippen LogP contribution >= 0.6 is 23.2 Å². The van der Waals surface area contributed by atoms with E-state index >= 15 is 0 Å². The third kappa shape index (κ3) is 3.95. The third-order valence-corrected chi connectivity index (χ3v) is 4.31. The Hall–Kier alpha value is -1.22. The first kappa shape index (κ1) is 17.1. The molecule has 0 aliphatic rings. The first-order valence-electron chi connectivity index (χ1n) is 7.24. The van der Waals surface area contributed by atoms with Crippen LogP contribution < -0.4 is 10.5 Å². The highest BCUT2D eigenvalue weighted by Gasteiger charge is 2.15. The summed E-state index contributed by atoms with van der Waals surface area (Å²) in [6, 6.07) is 10.3. The van der Waals surface area contributed by atoms with E-state index in [2.05, 4.69) is 32.0 Å². The predicted octanol–water partition coefficient (Wildman–Crippen LogP) is 4.90. The van der Waals surface area contributed by atoms with Crippen LogP contribution in [0.5, 0.6) is 5.75 Å². The average molecular weight is 338 g/mol. The summed E-state index contributed by atoms with van der Waals surface area (Å²) in [5, 5.41) is 1.06. The van der Waals surface area contributed by atoms with Crippen molar-refractivity contribution in [1.29, 1.82) is 0 Å². The fourth-order valence-corrected chi connectivity index (χ4v) is 3.48. The molecule has 0 fully saturated rings. The van der Waals surface area contributed by atoms with Gasteiger partial charge in [-0.1, -0.05) is 52.5 Å². The molecule has 0 saturated carbocycles. The van der Waals surface area contributed by atoms with Gasteiger partial charge >= 0.3 is 0 Å². The van der Waals surface area contributed by atoms with Crippen molar-refractivity contribution < 1.29 is 4.74 Å². The number of benzene rings is 2. The molecule has 4 heteroatoms. The van der Waals surface area contributed by atoms with Gasteiger partial charge in [-0.05, 0) is 50.1 Å². The summed E-state index contributed by atoms with van der Waals surface area (Å²) >= 11 is 12.4. The highest BCUT2D eigenvalue weighted by atomic mass is 35.5. The molecule has 0 aliphatic heterocycles. The fourth-order valence-electron chi connectivity index (χ4n) is 2.79. The molecule has 0 heterocycles. The number of hydrogen-bond donors (Lipinski definition) is 1. The van der Waals surface area contributed by atoms with E-state index in [4.69, 9.17) is 33.7 Å². The summed E-state index contributed by atoms with van der Waals surface area (Å²) in [4.78, 5) is 0. The first-order valence-corrected chi connectivity index (χ1v) is 8.00. The lowest BCUT2D eigenvalue weighted by atomic mass is 9.90. The van der Waals surface area contributed by atoms with Gasteiger partial charge in [0.15, 0.2) is 5.75 Å². The largest absolute Gasteiger partial charge is 0.494 e. The maximum atomic E-state index is 6.22. The Balaban J connectivity index is 2.30. The number of ether oxygens (including phenoxy) is 1. The van der Waals surface area contributed by atoms with E-state index in [-0.39, 0.29) is 5.92 Å². The number of methoxy groups -OCH3 is 1. The summed E-state index contributed by atoms with van der Waals surface area (Å²) in [5.41, 5.74) is 10.8. The van der Waals surface area contributed by atoms with Crippen molar-refractivity contribution in [2.24, 2.45) is 5.73 Å². The molecule has 1 atom stereocenters. The second-order valence-electron chi connectivity index (χ2n) is 5.65. The first-order chi connectivity index (χ1) is 10.4. The molecule has 1 unspecified atom stereocenters. The van der Waals surface area contributed by atoms with E-state index in [0.29, 0.717) is 22.3 Å². The SMILES string of the molecule is COc1c(Cl)cc(CC(CN)c2cc(C)cc(C)c2)cc1Cl. The standard InChI is InChI=1S/C18H21Cl2NO/c1-11-4-12(2)6-14(5-11)15(10-21)7-13-8-16(19)18(22-3)17(20)9-13/h4-6,8-9,15H,7,10,21H2,1-3H3. The summed E-state index contributed by atoms with van der Waals surface area (Å²) in [6.07, 6.45) is 0.794. The van der Waals surface area contributed by atoms with Crippen molar-refractivity contribution in [3.8, 4) is 5.75 Å². The van der Waals surface area contributed by atoms with Crippen molar-refractivity contribution in [3.63, 3.8) is 0 Å². The number of hydrogen-bond acceptors (Lipinski definition) is 2. The predicted molar refractivity (Wildman–Crippen MR) is 94.4 cm³/mol. The van der Waals surface area contributed by atoms with Gasteiger partial charge in [0.1, 0.15) is 0 Å². The van der Waals surface area contributed by atoms with Gasteiger partial charge in [-0.25, -0.2) is 0 Å². The van der Waals surface area contributed by atoms with E-state index in [1.54, 1.807) is 7.11 Å². The number of halogens is 2. The molecular weight excluding hydrogens is 317 g/mol. The third-order valence-electron chi connectivity index (χ3n) is 3.74. The second-order valence-corrected chi connectivity index (χ2v) is 6.46. The van der Waals surface area contributed by atoms with Gasteiger partial charge < -0.3 is 10.5 Å². The van der Waals surface area contributed by atoms with Crippen molar-refractivity contribution in [1.82, 2.24) is 0 Å². The lowest BCUT2D eigenvalue weighted by molar-refractivity contribution is 0.415. The molecular formula is C18H21Cl2NO. The van der Waals surface area contributed by atoms with Crippen LogP contribution in [0.3, 0.4) is 0 Å². The highest BCUT2D eigenvalue weighted by Crippen LogP contribution is 2.35. The van der Waals surface area contributed by atoms with Gasteiger partial charge in [0.05, 0.1) is 17.2 Å². The molecule has 2 rings (SSSR count). The Labute approximate surface area is 142 Å². The Morgan fingerprint density at radius 1 is 1.00 bits per heavy atom. The molecule has 2 nitrogen and oxygen atoms in total. The Bertz CT molecular complexity index is 627. The van der Waals surface area contributed by atoms with Gasteiger partial charge in [0.25, 0.3) is 0 Å². The van der Waals surface area contributed by atoms with Gasteiger partial charge in [0.2, 0.25) is 0 Å². The Morgan fingerprint density at radius 2 is 1.55 bits per heavy atom. The summed E-state index contributed by atoms with van der Waals surface area (Å²) in [7, 11) is 1.56. The highest BCUT2D eigenvalue weighted by molar-refractivity contribution is 6.37. The molecule has 0 aromatic heterocycles. The zero-order valence-electron chi connectivity index (χ0n) is 13.1. The molecule has 0 spiro atoms. The van der Waals surface area contributed by atoms with Crippen molar-refractivity contribution in [2.45, 2.75) is 26.2 Å². The molecule has 22 heavy (non-hydrogen) atoms. The minimum atomic E-state index is 0.235. The lowest BCUT2D eigenvalue weighted by Crippen LogP contribution is -2.15. The van der Waals surface area contributed by atoms with Crippen LogP contribution in [0.4, 0.5) is 0 Å². The van der Waals surface area contributed by atoms with E-state index in [9.17, 15) is 0 Å². The van der Waals surface area contributed by atoms with Crippen LogP contribution in [0.2, 0.25) is 10.0 Å². The summed E-state index contributed by atoms with van der Waals surface area (Å²) in [6.45, 7) is 4.78. The quantitative estimate of drug-likeness (QED) is 0.841. The maximum Gasteiger partial charge on any atom is 0.156 e. The molecule has 118 valence electrons. The minimum Gasteiger partial charge on any atom is -0.494 e. The molecule has 0 bridgehead atoms.